The molecule has 1 fully saturated rings. The van der Waals surface area contributed by atoms with Gasteiger partial charge in [-0.15, -0.1) is 0 Å². The zero-order chi connectivity index (χ0) is 9.10. The third kappa shape index (κ3) is 1.69. The van der Waals surface area contributed by atoms with Crippen LogP contribution in [0.3, 0.4) is 0 Å². The normalized spacial score (nSPS) is 21.3. The van der Waals surface area contributed by atoms with Crippen molar-refractivity contribution in [3.63, 3.8) is 0 Å². The van der Waals surface area contributed by atoms with Gasteiger partial charge in [0.15, 0.2) is 0 Å². The molecular weight excluding hydrogens is 164 g/mol. The zero-order valence-corrected chi connectivity index (χ0v) is 7.16. The van der Waals surface area contributed by atoms with E-state index in [4.69, 9.17) is 10.1 Å². The topological polar surface area (TPSA) is 45.0 Å². The number of nitriles is 1. The lowest BCUT2D eigenvalue weighted by Crippen LogP contribution is -2.11. The van der Waals surface area contributed by atoms with E-state index < -0.39 is 0 Å². The summed E-state index contributed by atoms with van der Waals surface area (Å²) in [6.07, 6.45) is 0.967. The van der Waals surface area contributed by atoms with Crippen LogP contribution in [0.25, 0.3) is 0 Å². The Morgan fingerprint density at radius 1 is 1.54 bits per heavy atom. The summed E-state index contributed by atoms with van der Waals surface area (Å²) in [4.78, 5) is 5.05. The molecule has 1 saturated heterocycles. The second-order valence-electron chi connectivity index (χ2n) is 3.04. The molecule has 0 amide bonds. The first-order chi connectivity index (χ1) is 6.40. The smallest absolute Gasteiger partial charge is 0.0991 e. The van der Waals surface area contributed by atoms with Gasteiger partial charge in [0.1, 0.15) is 0 Å². The van der Waals surface area contributed by atoms with Gasteiger partial charge < -0.3 is 4.84 Å². The van der Waals surface area contributed by atoms with E-state index in [2.05, 4.69) is 11.5 Å². The van der Waals surface area contributed by atoms with E-state index in [0.29, 0.717) is 5.56 Å². The van der Waals surface area contributed by atoms with E-state index in [9.17, 15) is 0 Å². The molecule has 0 radical (unpaired) electrons. The van der Waals surface area contributed by atoms with Gasteiger partial charge in [0.25, 0.3) is 0 Å². The first-order valence-corrected chi connectivity index (χ1v) is 4.27. The summed E-state index contributed by atoms with van der Waals surface area (Å²) in [7, 11) is 0. The van der Waals surface area contributed by atoms with Gasteiger partial charge in [0.05, 0.1) is 24.3 Å². The van der Waals surface area contributed by atoms with Crippen LogP contribution in [0.1, 0.15) is 23.6 Å². The highest BCUT2D eigenvalue weighted by molar-refractivity contribution is 5.34. The van der Waals surface area contributed by atoms with Gasteiger partial charge in [-0.3, -0.25) is 0 Å². The molecule has 66 valence electrons. The standard InChI is InChI=1S/C10H10N2O/c11-7-8-2-1-3-9(6-8)10-4-5-13-12-10/h1-3,6,10,12H,4-5H2. The fourth-order valence-electron chi connectivity index (χ4n) is 1.45. The molecule has 3 nitrogen and oxygen atoms in total. The number of nitrogens with one attached hydrogen (secondary N) is 1. The van der Waals surface area contributed by atoms with Crippen molar-refractivity contribution in [1.29, 1.82) is 5.26 Å². The van der Waals surface area contributed by atoms with Crippen LogP contribution in [0.2, 0.25) is 0 Å². The summed E-state index contributed by atoms with van der Waals surface area (Å²) in [5.41, 5.74) is 4.74. The van der Waals surface area contributed by atoms with Crippen LogP contribution in [0.4, 0.5) is 0 Å². The largest absolute Gasteiger partial charge is 0.301 e. The van der Waals surface area contributed by atoms with Gasteiger partial charge >= 0.3 is 0 Å². The SMILES string of the molecule is N#Cc1cccc(C2CCON2)c1. The summed E-state index contributed by atoms with van der Waals surface area (Å²) in [6.45, 7) is 0.738. The lowest BCUT2D eigenvalue weighted by molar-refractivity contribution is 0.0883. The van der Waals surface area contributed by atoms with Crippen LogP contribution in [0.15, 0.2) is 24.3 Å². The van der Waals surface area contributed by atoms with Crippen molar-refractivity contribution in [2.24, 2.45) is 0 Å². The van der Waals surface area contributed by atoms with E-state index in [1.54, 1.807) is 6.07 Å². The van der Waals surface area contributed by atoms with E-state index in [1.165, 1.54) is 0 Å². The molecule has 0 bridgehead atoms. The fourth-order valence-corrected chi connectivity index (χ4v) is 1.45. The summed E-state index contributed by atoms with van der Waals surface area (Å²) in [6, 6.07) is 9.97. The van der Waals surface area contributed by atoms with Gasteiger partial charge in [0.2, 0.25) is 0 Å². The van der Waals surface area contributed by atoms with Gasteiger partial charge in [0, 0.05) is 0 Å². The molecule has 1 heterocycles. The molecule has 13 heavy (non-hydrogen) atoms. The minimum Gasteiger partial charge on any atom is -0.301 e. The van der Waals surface area contributed by atoms with Crippen molar-refractivity contribution in [3.05, 3.63) is 35.4 Å². The Morgan fingerprint density at radius 3 is 3.15 bits per heavy atom. The summed E-state index contributed by atoms with van der Waals surface area (Å²) < 4.78 is 0. The Hall–Kier alpha value is -1.37. The predicted octanol–water partition coefficient (Wildman–Crippen LogP) is 1.52. The molecule has 1 unspecified atom stereocenters. The molecule has 1 aromatic carbocycles. The van der Waals surface area contributed by atoms with Crippen molar-refractivity contribution in [1.82, 2.24) is 5.48 Å². The molecule has 0 aliphatic carbocycles. The molecule has 1 N–H and O–H groups in total. The predicted molar refractivity (Wildman–Crippen MR) is 47.6 cm³/mol. The van der Waals surface area contributed by atoms with Gasteiger partial charge in [-0.05, 0) is 24.1 Å². The summed E-state index contributed by atoms with van der Waals surface area (Å²) in [5, 5.41) is 8.70. The lowest BCUT2D eigenvalue weighted by Gasteiger charge is -2.07. The van der Waals surface area contributed by atoms with E-state index in [-0.39, 0.29) is 6.04 Å². The average Bonchev–Trinajstić information content (AvgIpc) is 2.71. The van der Waals surface area contributed by atoms with Crippen LogP contribution >= 0.6 is 0 Å². The Balaban J connectivity index is 2.25. The molecule has 1 aromatic rings. The molecule has 0 spiro atoms. The maximum absolute atomic E-state index is 8.70. The van der Waals surface area contributed by atoms with Crippen LogP contribution in [-0.4, -0.2) is 6.61 Å². The first-order valence-electron chi connectivity index (χ1n) is 4.27. The summed E-state index contributed by atoms with van der Waals surface area (Å²) in [5.74, 6) is 0. The third-order valence-electron chi connectivity index (χ3n) is 2.15. The minimum absolute atomic E-state index is 0.244. The Kier molecular flexibility index (Phi) is 2.26. The highest BCUT2D eigenvalue weighted by atomic mass is 16.7. The van der Waals surface area contributed by atoms with E-state index >= 15 is 0 Å². The molecule has 0 aromatic heterocycles. The Bertz CT molecular complexity index is 337. The molecule has 0 saturated carbocycles. The average molecular weight is 174 g/mol. The number of benzene rings is 1. The van der Waals surface area contributed by atoms with E-state index in [0.717, 1.165) is 18.6 Å². The number of hydrogen-bond acceptors (Lipinski definition) is 3. The van der Waals surface area contributed by atoms with Crippen LogP contribution in [0, 0.1) is 11.3 Å². The molecule has 2 rings (SSSR count). The molecule has 1 aliphatic rings. The monoisotopic (exact) mass is 174 g/mol. The highest BCUT2D eigenvalue weighted by Crippen LogP contribution is 2.21. The highest BCUT2D eigenvalue weighted by Gasteiger charge is 2.16. The molecular formula is C10H10N2O. The Labute approximate surface area is 76.9 Å². The van der Waals surface area contributed by atoms with Crippen molar-refractivity contribution in [2.45, 2.75) is 12.5 Å². The van der Waals surface area contributed by atoms with Crippen molar-refractivity contribution in [2.75, 3.05) is 6.61 Å². The number of hydroxylamine groups is 1. The second-order valence-corrected chi connectivity index (χ2v) is 3.04. The molecule has 1 aliphatic heterocycles. The summed E-state index contributed by atoms with van der Waals surface area (Å²) >= 11 is 0. The zero-order valence-electron chi connectivity index (χ0n) is 7.16. The third-order valence-corrected chi connectivity index (χ3v) is 2.15. The van der Waals surface area contributed by atoms with Gasteiger partial charge in [-0.25, -0.2) is 0 Å². The quantitative estimate of drug-likeness (QED) is 0.702. The molecule has 3 heteroatoms. The minimum atomic E-state index is 0.244. The number of rotatable bonds is 1. The van der Waals surface area contributed by atoms with Crippen molar-refractivity contribution >= 4 is 0 Å². The van der Waals surface area contributed by atoms with E-state index in [1.807, 2.05) is 18.2 Å². The maximum Gasteiger partial charge on any atom is 0.0991 e. The van der Waals surface area contributed by atoms with Crippen molar-refractivity contribution in [3.8, 4) is 6.07 Å². The maximum atomic E-state index is 8.70. The second kappa shape index (κ2) is 3.56. The van der Waals surface area contributed by atoms with Crippen LogP contribution in [0.5, 0.6) is 0 Å². The van der Waals surface area contributed by atoms with Gasteiger partial charge in [-0.1, -0.05) is 12.1 Å². The Morgan fingerprint density at radius 2 is 2.46 bits per heavy atom. The van der Waals surface area contributed by atoms with Crippen LogP contribution in [-0.2, 0) is 4.84 Å². The lowest BCUT2D eigenvalue weighted by atomic mass is 10.0. The van der Waals surface area contributed by atoms with Crippen LogP contribution < -0.4 is 5.48 Å². The number of hydrogen-bond donors (Lipinski definition) is 1. The first kappa shape index (κ1) is 8.24. The van der Waals surface area contributed by atoms with Gasteiger partial charge in [-0.2, -0.15) is 10.7 Å². The van der Waals surface area contributed by atoms with Crippen molar-refractivity contribution < 1.29 is 4.84 Å². The molecule has 1 atom stereocenters. The number of nitrogens with zero attached hydrogens (tertiary/aromatic N) is 1. The fraction of sp³-hybridized carbons (Fsp3) is 0.300.